The lowest BCUT2D eigenvalue weighted by molar-refractivity contribution is 0.0676. The Morgan fingerprint density at radius 1 is 0.221 bits per heavy atom. The van der Waals surface area contributed by atoms with Gasteiger partial charge in [-0.2, -0.15) is 0 Å². The summed E-state index contributed by atoms with van der Waals surface area (Å²) in [6.45, 7) is 28.0. The minimum atomic E-state index is -0.386. The number of hydrogen-bond acceptors (Lipinski definition) is 21. The van der Waals surface area contributed by atoms with Crippen molar-refractivity contribution >= 4 is 155 Å². The number of para-hydroxylation sites is 3. The average Bonchev–Trinajstić information content (AvgIpc) is 1.55. The molecular formula is C125H115N9O14S. The van der Waals surface area contributed by atoms with Gasteiger partial charge >= 0.3 is 0 Å². The summed E-state index contributed by atoms with van der Waals surface area (Å²) < 4.78 is 7.74. The SMILES string of the molecule is CC.CC.CC.CC.CC.CC.CC.CN1C(=O)c2ccccc2C1=O.CN1C(=O)c2nccnc2C1=O.O=C(c1ccccc1)c1ccccn1.O=C(c1ccccc1)c1ccccn1.O=C(c1ccccn1)c1ccccn1.O=C1c2ccccc2C(=O)N1c1ccccc1.O=c1c2ccccc2c2cc3c(=O)c4ccccc4c3cc12.O=c1c2ccccc2oc2ccccc12.O=c1c2ccccc2sc2ccccc12. The monoisotopic (exact) mass is 2000 g/mol. The van der Waals surface area contributed by atoms with Crippen molar-refractivity contribution in [3.05, 3.63) is 516 Å². The number of carbonyl (C=O) groups excluding carboxylic acids is 9. The Balaban J connectivity index is 0.000000184. The Hall–Kier alpha value is -18.6. The van der Waals surface area contributed by atoms with Crippen LogP contribution in [-0.2, 0) is 0 Å². The molecule has 0 N–H and O–H groups in total. The van der Waals surface area contributed by atoms with Crippen molar-refractivity contribution in [3.63, 3.8) is 0 Å². The molecule has 0 aliphatic carbocycles. The van der Waals surface area contributed by atoms with E-state index in [1.54, 1.807) is 206 Å². The van der Waals surface area contributed by atoms with Crippen LogP contribution in [0.3, 0.4) is 0 Å². The molecular weight excluding hydrogens is 1880 g/mol. The largest absolute Gasteiger partial charge is 0.456 e. The predicted octanol–water partition coefficient (Wildman–Crippen LogP) is 26.9. The highest BCUT2D eigenvalue weighted by Crippen LogP contribution is 2.34. The average molecular weight is 2000 g/mol. The van der Waals surface area contributed by atoms with Crippen LogP contribution < -0.4 is 26.6 Å². The minimum absolute atomic E-state index is 0.0347. The van der Waals surface area contributed by atoms with Crippen molar-refractivity contribution in [2.45, 2.75) is 96.9 Å². The van der Waals surface area contributed by atoms with Crippen molar-refractivity contribution in [1.82, 2.24) is 39.7 Å². The van der Waals surface area contributed by atoms with Gasteiger partial charge in [0.1, 0.15) is 33.9 Å². The van der Waals surface area contributed by atoms with Gasteiger partial charge in [0.05, 0.1) is 38.7 Å². The van der Waals surface area contributed by atoms with Gasteiger partial charge in [0.15, 0.2) is 27.7 Å². The van der Waals surface area contributed by atoms with E-state index < -0.39 is 0 Å². The molecule has 0 unspecified atom stereocenters. The summed E-state index contributed by atoms with van der Waals surface area (Å²) >= 11 is 1.67. The van der Waals surface area contributed by atoms with Crippen LogP contribution in [0.4, 0.5) is 5.69 Å². The first-order valence-electron chi connectivity index (χ1n) is 49.1. The summed E-state index contributed by atoms with van der Waals surface area (Å²) in [5.41, 5.74) is 7.56. The molecule has 0 saturated heterocycles. The number of ketones is 3. The molecule has 24 rings (SSSR count). The minimum Gasteiger partial charge on any atom is -0.456 e. The summed E-state index contributed by atoms with van der Waals surface area (Å²) in [6.07, 6.45) is 9.21. The first kappa shape index (κ1) is 114. The van der Waals surface area contributed by atoms with E-state index in [0.29, 0.717) is 94.6 Å². The lowest BCUT2D eigenvalue weighted by atomic mass is 10.1. The Labute approximate surface area is 868 Å². The van der Waals surface area contributed by atoms with Crippen LogP contribution in [0, 0.1) is 0 Å². The zero-order valence-electron chi connectivity index (χ0n) is 85.8. The van der Waals surface area contributed by atoms with E-state index in [0.717, 1.165) is 62.3 Å². The highest BCUT2D eigenvalue weighted by Gasteiger charge is 2.37. The Kier molecular flexibility index (Phi) is 44.6. The van der Waals surface area contributed by atoms with E-state index in [9.17, 15) is 62.3 Å². The van der Waals surface area contributed by atoms with Crippen molar-refractivity contribution < 1.29 is 47.6 Å². The fourth-order valence-corrected chi connectivity index (χ4v) is 16.1. The molecule has 0 fully saturated rings. The fraction of sp³-hybridized carbons (Fsp3) is 0.128. The molecule has 14 aromatic carbocycles. The standard InChI is InChI=1S/C20H10O2.C14H9NO2.C13H8O2.C13H8OS.2C12H9NO.C11H8N2O.C9H7NO2.C7H5N3O2.7C2H6/c21-19-13-7-3-1-5-11(13)15-9-18-16(10-17(15)19)12-6-2-4-8-14(12)20(18)22;16-13-11-8-4-5-9-12(11)14(17)15(13)10-6-2-1-3-7-10;2*14-13-9-5-1-3-7-11(9)15-12-8-4-2-6-10(12)13;2*14-12(10-6-2-1-3-7-10)11-8-4-5-9-13-11;14-11(9-5-1-3-7-12-9)10-6-2-4-8-13-10;1-10-8(11)6-4-2-3-5-7(6)9(10)12;1-10-6(11)4-5(7(10)12)9-3-2-8-4;7*1-2/h1-10H;1-9H;2*1-8H;2*1-9H;1-8H;2-5H,1H3;2-3H,1H3;7*1-2H3. The third-order valence-electron chi connectivity index (χ3n) is 21.7. The first-order chi connectivity index (χ1) is 72.8. The molecule has 3 aliphatic rings. The van der Waals surface area contributed by atoms with Gasteiger partial charge in [-0.15, -0.1) is 11.3 Å². The number of amides is 6. The van der Waals surface area contributed by atoms with Gasteiger partial charge in [-0.1, -0.05) is 321 Å². The normalized spacial score (nSPS) is 11.0. The quantitative estimate of drug-likeness (QED) is 0.0812. The van der Waals surface area contributed by atoms with E-state index in [1.807, 2.05) is 297 Å². The number of benzene rings is 12. The molecule has 149 heavy (non-hydrogen) atoms. The van der Waals surface area contributed by atoms with Gasteiger partial charge in [0.25, 0.3) is 35.4 Å². The van der Waals surface area contributed by atoms with Gasteiger partial charge in [0.2, 0.25) is 22.8 Å². The molecule has 750 valence electrons. The first-order valence-corrected chi connectivity index (χ1v) is 49.9. The number of hydrogen-bond donors (Lipinski definition) is 0. The van der Waals surface area contributed by atoms with Crippen LogP contribution in [0.15, 0.2) is 431 Å². The molecule has 6 amide bonds. The van der Waals surface area contributed by atoms with Crippen LogP contribution in [0.1, 0.15) is 208 Å². The lowest BCUT2D eigenvalue weighted by Crippen LogP contribution is -2.29. The fourth-order valence-electron chi connectivity index (χ4n) is 15.0. The maximum absolute atomic E-state index is 12.6. The molecule has 0 radical (unpaired) electrons. The van der Waals surface area contributed by atoms with Gasteiger partial charge in [-0.25, -0.2) is 14.9 Å². The molecule has 24 heteroatoms. The van der Waals surface area contributed by atoms with E-state index in [4.69, 9.17) is 4.42 Å². The maximum Gasteiger partial charge on any atom is 0.281 e. The van der Waals surface area contributed by atoms with Crippen LogP contribution in [-0.4, -0.2) is 107 Å². The van der Waals surface area contributed by atoms with Crippen molar-refractivity contribution in [1.29, 1.82) is 0 Å². The second-order valence-corrected chi connectivity index (χ2v) is 31.2. The van der Waals surface area contributed by atoms with Gasteiger partial charge < -0.3 is 4.42 Å². The summed E-state index contributed by atoms with van der Waals surface area (Å²) in [5.74, 6) is -1.92. The molecule has 10 heterocycles. The number of aromatic nitrogens is 6. The molecule has 0 saturated carbocycles. The van der Waals surface area contributed by atoms with Crippen molar-refractivity contribution in [2.24, 2.45) is 0 Å². The number of rotatable bonds is 7. The highest BCUT2D eigenvalue weighted by molar-refractivity contribution is 7.24. The molecule has 0 atom stereocenters. The summed E-state index contributed by atoms with van der Waals surface area (Å²) in [4.78, 5) is 181. The van der Waals surface area contributed by atoms with Gasteiger partial charge in [-0.3, -0.25) is 92.1 Å². The Bertz CT molecular complexity index is 7490. The summed E-state index contributed by atoms with van der Waals surface area (Å²) in [5, 5.41) is 9.36. The van der Waals surface area contributed by atoms with Crippen molar-refractivity contribution in [2.75, 3.05) is 19.0 Å². The van der Waals surface area contributed by atoms with Gasteiger partial charge in [-0.05, 0) is 167 Å². The van der Waals surface area contributed by atoms with E-state index >= 15 is 0 Å². The second kappa shape index (κ2) is 58.3. The topological polar surface area (TPSA) is 322 Å². The number of anilines is 1. The third-order valence-corrected chi connectivity index (χ3v) is 22.9. The molecule has 23 nitrogen and oxygen atoms in total. The Morgan fingerprint density at radius 3 is 0.812 bits per heavy atom. The van der Waals surface area contributed by atoms with E-state index in [2.05, 4.69) is 29.9 Å². The Morgan fingerprint density at radius 2 is 0.477 bits per heavy atom. The highest BCUT2D eigenvalue weighted by atomic mass is 32.1. The predicted molar refractivity (Wildman–Crippen MR) is 602 cm³/mol. The van der Waals surface area contributed by atoms with Crippen LogP contribution in [0.25, 0.3) is 85.2 Å². The van der Waals surface area contributed by atoms with Crippen LogP contribution in [0.2, 0.25) is 0 Å². The smallest absolute Gasteiger partial charge is 0.281 e. The molecule has 7 aromatic heterocycles. The van der Waals surface area contributed by atoms with Gasteiger partial charge in [0, 0.05) is 104 Å². The summed E-state index contributed by atoms with van der Waals surface area (Å²) in [6, 6.07) is 111. The van der Waals surface area contributed by atoms with E-state index in [1.165, 1.54) is 31.4 Å². The van der Waals surface area contributed by atoms with E-state index in [-0.39, 0.29) is 85.9 Å². The number of fused-ring (bicyclic) bond motifs is 13. The number of nitrogens with zero attached hydrogens (tertiary/aromatic N) is 9. The second-order valence-electron chi connectivity index (χ2n) is 30.1. The lowest BCUT2D eigenvalue weighted by Gasteiger charge is -2.13. The van der Waals surface area contributed by atoms with Crippen LogP contribution in [0.5, 0.6) is 0 Å². The molecule has 0 bridgehead atoms. The number of pyridine rings is 4. The van der Waals surface area contributed by atoms with Crippen molar-refractivity contribution in [3.8, 4) is 0 Å². The molecule has 0 spiro atoms. The third kappa shape index (κ3) is 27.5. The zero-order chi connectivity index (χ0) is 108. The maximum atomic E-state index is 12.6. The number of imide groups is 3. The van der Waals surface area contributed by atoms with Crippen LogP contribution >= 0.6 is 11.3 Å². The number of carbonyl (C=O) groups is 9. The zero-order valence-corrected chi connectivity index (χ0v) is 86.6. The molecule has 3 aliphatic heterocycles. The summed E-state index contributed by atoms with van der Waals surface area (Å²) in [7, 11) is 2.90. The molecule has 21 aromatic rings.